The zero-order chi connectivity index (χ0) is 13.1. The number of hydrogen-bond acceptors (Lipinski definition) is 5. The third-order valence-corrected chi connectivity index (χ3v) is 5.59. The largest absolute Gasteiger partial charge is 0.500 e. The van der Waals surface area contributed by atoms with Gasteiger partial charge in [-0.05, 0) is 33.5 Å². The maximum absolute atomic E-state index is 5.36. The second kappa shape index (κ2) is 9.99. The topological polar surface area (TPSA) is 43.0 Å². The Hall–Kier alpha value is 0.0169. The third kappa shape index (κ3) is 7.85. The second-order valence-electron chi connectivity index (χ2n) is 4.31. The van der Waals surface area contributed by atoms with Gasteiger partial charge >= 0.3 is 8.80 Å². The van der Waals surface area contributed by atoms with Crippen LogP contribution >= 0.6 is 0 Å². The molecule has 0 rings (SSSR count). The molecule has 0 amide bonds. The first-order chi connectivity index (χ1) is 8.10. The Morgan fingerprint density at radius 1 is 0.941 bits per heavy atom. The highest BCUT2D eigenvalue weighted by atomic mass is 28.4. The minimum absolute atomic E-state index is 0.881. The molecule has 0 saturated carbocycles. The van der Waals surface area contributed by atoms with Gasteiger partial charge in [0.1, 0.15) is 0 Å². The molecule has 0 unspecified atom stereocenters. The maximum Gasteiger partial charge on any atom is 0.500 e. The van der Waals surface area contributed by atoms with E-state index in [9.17, 15) is 0 Å². The van der Waals surface area contributed by atoms with Crippen molar-refractivity contribution in [3.8, 4) is 0 Å². The zero-order valence-electron chi connectivity index (χ0n) is 11.9. The fourth-order valence-corrected chi connectivity index (χ4v) is 3.37. The van der Waals surface area contributed by atoms with Gasteiger partial charge in [-0.3, -0.25) is 0 Å². The quantitative estimate of drug-likeness (QED) is 0.442. The average molecular weight is 264 g/mol. The molecule has 0 aliphatic rings. The maximum atomic E-state index is 5.36. The average Bonchev–Trinajstić information content (AvgIpc) is 2.33. The molecule has 6 heteroatoms. The van der Waals surface area contributed by atoms with Crippen molar-refractivity contribution in [2.45, 2.75) is 18.9 Å². The predicted molar refractivity (Wildman–Crippen MR) is 72.2 cm³/mol. The molecule has 5 nitrogen and oxygen atoms in total. The number of unbranched alkanes of at least 4 members (excludes halogenated alkanes) is 1. The minimum Gasteiger partial charge on any atom is -0.377 e. The number of nitrogens with zero attached hydrogens (tertiary/aromatic N) is 1. The van der Waals surface area contributed by atoms with Crippen LogP contribution in [-0.4, -0.2) is 68.8 Å². The van der Waals surface area contributed by atoms with Crippen molar-refractivity contribution in [3.63, 3.8) is 0 Å². The molecule has 17 heavy (non-hydrogen) atoms. The summed E-state index contributed by atoms with van der Waals surface area (Å²) in [7, 11) is 6.81. The SMILES string of the molecule is CO[Si](CCCCNCCN(C)C)(OC)OC. The van der Waals surface area contributed by atoms with E-state index in [1.165, 1.54) is 0 Å². The molecule has 104 valence electrons. The van der Waals surface area contributed by atoms with Crippen LogP contribution in [-0.2, 0) is 13.3 Å². The Bertz CT molecular complexity index is 170. The molecule has 0 saturated heterocycles. The van der Waals surface area contributed by atoms with Crippen LogP contribution in [0.4, 0.5) is 0 Å². The van der Waals surface area contributed by atoms with Gasteiger partial charge < -0.3 is 23.5 Å². The van der Waals surface area contributed by atoms with Crippen LogP contribution in [0.25, 0.3) is 0 Å². The summed E-state index contributed by atoms with van der Waals surface area (Å²) >= 11 is 0. The van der Waals surface area contributed by atoms with E-state index < -0.39 is 8.80 Å². The van der Waals surface area contributed by atoms with Gasteiger partial charge in [-0.25, -0.2) is 0 Å². The summed E-state index contributed by atoms with van der Waals surface area (Å²) in [6, 6.07) is 0.881. The first kappa shape index (κ1) is 17.0. The van der Waals surface area contributed by atoms with Gasteiger partial charge in [0.15, 0.2) is 0 Å². The molecule has 0 aliphatic heterocycles. The highest BCUT2D eigenvalue weighted by Crippen LogP contribution is 2.15. The standard InChI is InChI=1S/C11H28N2O3Si/c1-13(2)10-9-12-8-6-7-11-17(14-3,15-4)16-5/h12H,6-11H2,1-5H3. The second-order valence-corrected chi connectivity index (χ2v) is 7.40. The lowest BCUT2D eigenvalue weighted by Gasteiger charge is -2.24. The molecule has 0 fully saturated rings. The van der Waals surface area contributed by atoms with Crippen LogP contribution < -0.4 is 5.32 Å². The summed E-state index contributed by atoms with van der Waals surface area (Å²) in [5, 5.41) is 3.41. The Labute approximate surface area is 107 Å². The van der Waals surface area contributed by atoms with Crippen LogP contribution in [0.2, 0.25) is 6.04 Å². The molecule has 0 aromatic carbocycles. The van der Waals surface area contributed by atoms with Gasteiger partial charge in [-0.1, -0.05) is 0 Å². The van der Waals surface area contributed by atoms with E-state index in [2.05, 4.69) is 24.3 Å². The first-order valence-corrected chi connectivity index (χ1v) is 8.04. The normalized spacial score (nSPS) is 12.4. The number of likely N-dealkylation sites (N-methyl/N-ethyl adjacent to an activating group) is 1. The zero-order valence-corrected chi connectivity index (χ0v) is 12.9. The van der Waals surface area contributed by atoms with Gasteiger partial charge in [0.05, 0.1) is 0 Å². The highest BCUT2D eigenvalue weighted by Gasteiger charge is 2.36. The molecule has 0 bridgehead atoms. The van der Waals surface area contributed by atoms with E-state index in [1.807, 2.05) is 0 Å². The van der Waals surface area contributed by atoms with Gasteiger partial charge in [0, 0.05) is 40.5 Å². The summed E-state index contributed by atoms with van der Waals surface area (Å²) in [5.74, 6) is 0. The molecular weight excluding hydrogens is 236 g/mol. The minimum atomic E-state index is -2.34. The van der Waals surface area contributed by atoms with Gasteiger partial charge in [-0.2, -0.15) is 0 Å². The van der Waals surface area contributed by atoms with Gasteiger partial charge in [0.25, 0.3) is 0 Å². The first-order valence-electron chi connectivity index (χ1n) is 6.11. The molecule has 1 N–H and O–H groups in total. The lowest BCUT2D eigenvalue weighted by Crippen LogP contribution is -2.42. The van der Waals surface area contributed by atoms with Crippen LogP contribution in [0.15, 0.2) is 0 Å². The monoisotopic (exact) mass is 264 g/mol. The smallest absolute Gasteiger partial charge is 0.377 e. The molecule has 0 heterocycles. The fraction of sp³-hybridized carbons (Fsp3) is 1.00. The summed E-state index contributed by atoms with van der Waals surface area (Å²) in [6.07, 6.45) is 2.19. The van der Waals surface area contributed by atoms with Gasteiger partial charge in [0.2, 0.25) is 0 Å². The molecular formula is C11H28N2O3Si. The van der Waals surface area contributed by atoms with E-state index >= 15 is 0 Å². The van der Waals surface area contributed by atoms with E-state index in [4.69, 9.17) is 13.3 Å². The Kier molecular flexibility index (Phi) is 10.00. The fourth-order valence-electron chi connectivity index (χ4n) is 1.58. The summed E-state index contributed by atoms with van der Waals surface area (Å²) in [4.78, 5) is 2.17. The predicted octanol–water partition coefficient (Wildman–Crippen LogP) is 0.796. The third-order valence-electron chi connectivity index (χ3n) is 2.76. The van der Waals surface area contributed by atoms with Gasteiger partial charge in [-0.15, -0.1) is 0 Å². The molecule has 0 atom stereocenters. The molecule has 0 aromatic rings. The van der Waals surface area contributed by atoms with E-state index in [1.54, 1.807) is 21.3 Å². The van der Waals surface area contributed by atoms with Crippen molar-refractivity contribution in [1.82, 2.24) is 10.2 Å². The van der Waals surface area contributed by atoms with Crippen molar-refractivity contribution >= 4 is 8.80 Å². The molecule has 0 aromatic heterocycles. The molecule has 0 spiro atoms. The molecule has 0 aliphatic carbocycles. The van der Waals surface area contributed by atoms with E-state index in [0.717, 1.165) is 38.5 Å². The van der Waals surface area contributed by atoms with Crippen LogP contribution in [0.1, 0.15) is 12.8 Å². The highest BCUT2D eigenvalue weighted by molar-refractivity contribution is 6.60. The Morgan fingerprint density at radius 3 is 2.00 bits per heavy atom. The van der Waals surface area contributed by atoms with Crippen molar-refractivity contribution in [2.75, 3.05) is 55.1 Å². The van der Waals surface area contributed by atoms with Crippen LogP contribution in [0.5, 0.6) is 0 Å². The van der Waals surface area contributed by atoms with Crippen LogP contribution in [0.3, 0.4) is 0 Å². The number of hydrogen-bond donors (Lipinski definition) is 1. The molecule has 0 radical (unpaired) electrons. The van der Waals surface area contributed by atoms with E-state index in [-0.39, 0.29) is 0 Å². The van der Waals surface area contributed by atoms with Crippen molar-refractivity contribution in [2.24, 2.45) is 0 Å². The number of nitrogens with one attached hydrogen (secondary N) is 1. The number of rotatable bonds is 11. The lowest BCUT2D eigenvalue weighted by atomic mass is 10.3. The lowest BCUT2D eigenvalue weighted by molar-refractivity contribution is 0.123. The van der Waals surface area contributed by atoms with Crippen LogP contribution in [0, 0.1) is 0 Å². The van der Waals surface area contributed by atoms with Crippen molar-refractivity contribution in [3.05, 3.63) is 0 Å². The Morgan fingerprint density at radius 2 is 1.53 bits per heavy atom. The Balaban J connectivity index is 3.49. The summed E-state index contributed by atoms with van der Waals surface area (Å²) in [6.45, 7) is 3.15. The van der Waals surface area contributed by atoms with Crippen molar-refractivity contribution in [1.29, 1.82) is 0 Å². The summed E-state index contributed by atoms with van der Waals surface area (Å²) < 4.78 is 16.1. The van der Waals surface area contributed by atoms with E-state index in [0.29, 0.717) is 0 Å². The summed E-state index contributed by atoms with van der Waals surface area (Å²) in [5.41, 5.74) is 0. The van der Waals surface area contributed by atoms with Crippen molar-refractivity contribution < 1.29 is 13.3 Å².